The number of rotatable bonds is 8. The first-order valence-corrected chi connectivity index (χ1v) is 14.7. The van der Waals surface area contributed by atoms with Gasteiger partial charge in [-0.3, -0.25) is 19.7 Å². The molecule has 0 saturated carbocycles. The molecule has 10 nitrogen and oxygen atoms in total. The van der Waals surface area contributed by atoms with Crippen molar-refractivity contribution in [3.63, 3.8) is 0 Å². The number of aromatic nitrogens is 1. The second-order valence-electron chi connectivity index (χ2n) is 11.8. The summed E-state index contributed by atoms with van der Waals surface area (Å²) in [5, 5.41) is 2.51. The van der Waals surface area contributed by atoms with Crippen LogP contribution in [-0.4, -0.2) is 61.2 Å². The standard InChI is InChI=1S/C33H36N4O6/c1-4-21-8-11-25(12-9-21)37-31(40)33(30(39)34-32(37)41,16-22-10-13-27(42-2)28(15-22)43-3)20-35-17-23-14-24(19-35)26-6-5-7-29(38)36(26)18-23/h5-13,15,23-24H,4,14,16-20H2,1-3H3,(H,34,39,41)/t23-,24+,33-/m0/s1. The number of nitrogens with zero attached hydrogens (tertiary/aromatic N) is 3. The van der Waals surface area contributed by atoms with Crippen LogP contribution in [0.2, 0.25) is 0 Å². The van der Waals surface area contributed by atoms with Gasteiger partial charge < -0.3 is 18.9 Å². The summed E-state index contributed by atoms with van der Waals surface area (Å²) < 4.78 is 12.8. The van der Waals surface area contributed by atoms with E-state index in [0.29, 0.717) is 42.4 Å². The lowest BCUT2D eigenvalue weighted by atomic mass is 9.75. The number of pyridine rings is 1. The summed E-state index contributed by atoms with van der Waals surface area (Å²) in [4.78, 5) is 57.6. The maximum absolute atomic E-state index is 14.6. The average molecular weight is 585 g/mol. The molecule has 0 aliphatic carbocycles. The average Bonchev–Trinajstić information content (AvgIpc) is 3.01. The smallest absolute Gasteiger partial charge is 0.335 e. The number of anilines is 1. The van der Waals surface area contributed by atoms with Crippen molar-refractivity contribution in [2.45, 2.75) is 38.6 Å². The minimum atomic E-state index is -1.60. The first kappa shape index (κ1) is 28.7. The highest BCUT2D eigenvalue weighted by atomic mass is 16.5. The molecule has 0 unspecified atom stereocenters. The van der Waals surface area contributed by atoms with Gasteiger partial charge in [-0.05, 0) is 66.6 Å². The Hall–Kier alpha value is -4.44. The molecule has 0 spiro atoms. The second kappa shape index (κ2) is 11.3. The number of methoxy groups -OCH3 is 2. The van der Waals surface area contributed by atoms with Crippen molar-refractivity contribution in [1.82, 2.24) is 14.8 Å². The number of amides is 4. The summed E-state index contributed by atoms with van der Waals surface area (Å²) in [6.45, 7) is 3.97. The number of nitrogens with one attached hydrogen (secondary N) is 1. The van der Waals surface area contributed by atoms with E-state index in [-0.39, 0.29) is 30.4 Å². The Labute approximate surface area is 250 Å². The molecule has 2 bridgehead atoms. The highest BCUT2D eigenvalue weighted by Crippen LogP contribution is 2.40. The van der Waals surface area contributed by atoms with Crippen LogP contribution in [0.15, 0.2) is 65.5 Å². The summed E-state index contributed by atoms with van der Waals surface area (Å²) in [6.07, 6.45) is 1.81. The van der Waals surface area contributed by atoms with E-state index in [2.05, 4.69) is 10.2 Å². The highest BCUT2D eigenvalue weighted by molar-refractivity contribution is 6.30. The van der Waals surface area contributed by atoms with Crippen molar-refractivity contribution in [1.29, 1.82) is 0 Å². The van der Waals surface area contributed by atoms with Gasteiger partial charge in [-0.2, -0.15) is 0 Å². The van der Waals surface area contributed by atoms with Crippen LogP contribution >= 0.6 is 0 Å². The lowest BCUT2D eigenvalue weighted by molar-refractivity contribution is -0.144. The Balaban J connectivity index is 1.39. The number of carbonyl (C=O) groups is 3. The fourth-order valence-electron chi connectivity index (χ4n) is 6.99. The number of likely N-dealkylation sites (tertiary alicyclic amines) is 1. The van der Waals surface area contributed by atoms with Gasteiger partial charge in [-0.25, -0.2) is 9.69 Å². The van der Waals surface area contributed by atoms with Gasteiger partial charge >= 0.3 is 6.03 Å². The fourth-order valence-corrected chi connectivity index (χ4v) is 6.99. The van der Waals surface area contributed by atoms with Crippen molar-refractivity contribution < 1.29 is 23.9 Å². The minimum Gasteiger partial charge on any atom is -0.493 e. The van der Waals surface area contributed by atoms with E-state index in [1.165, 1.54) is 7.11 Å². The molecular weight excluding hydrogens is 548 g/mol. The van der Waals surface area contributed by atoms with E-state index in [1.807, 2.05) is 35.8 Å². The number of urea groups is 1. The minimum absolute atomic E-state index is 0.00402. The Morgan fingerprint density at radius 1 is 0.884 bits per heavy atom. The third-order valence-electron chi connectivity index (χ3n) is 9.08. The molecule has 4 heterocycles. The lowest BCUT2D eigenvalue weighted by Crippen LogP contribution is -2.68. The lowest BCUT2D eigenvalue weighted by Gasteiger charge is -2.47. The number of benzene rings is 2. The molecule has 3 aromatic rings. The van der Waals surface area contributed by atoms with Crippen LogP contribution in [0.4, 0.5) is 10.5 Å². The van der Waals surface area contributed by atoms with Crippen LogP contribution in [0.25, 0.3) is 0 Å². The Morgan fingerprint density at radius 2 is 1.63 bits per heavy atom. The monoisotopic (exact) mass is 584 g/mol. The zero-order valence-electron chi connectivity index (χ0n) is 24.7. The number of piperidine rings is 1. The third-order valence-corrected chi connectivity index (χ3v) is 9.08. The normalized spacial score (nSPS) is 23.5. The van der Waals surface area contributed by atoms with E-state index in [1.54, 1.807) is 43.5 Å². The second-order valence-corrected chi connectivity index (χ2v) is 11.8. The zero-order valence-corrected chi connectivity index (χ0v) is 24.7. The van der Waals surface area contributed by atoms with E-state index >= 15 is 0 Å². The van der Waals surface area contributed by atoms with Crippen molar-refractivity contribution in [3.05, 3.63) is 87.8 Å². The van der Waals surface area contributed by atoms with E-state index < -0.39 is 23.3 Å². The number of aryl methyl sites for hydroxylation is 1. The van der Waals surface area contributed by atoms with Gasteiger partial charge in [0.05, 0.1) is 19.9 Å². The van der Waals surface area contributed by atoms with Crippen LogP contribution in [0.1, 0.15) is 36.1 Å². The van der Waals surface area contributed by atoms with Gasteiger partial charge in [0.2, 0.25) is 5.91 Å². The molecule has 6 rings (SSSR count). The van der Waals surface area contributed by atoms with Gasteiger partial charge in [0.25, 0.3) is 11.5 Å². The predicted octanol–water partition coefficient (Wildman–Crippen LogP) is 3.36. The van der Waals surface area contributed by atoms with Gasteiger partial charge in [-0.15, -0.1) is 0 Å². The molecule has 4 amide bonds. The van der Waals surface area contributed by atoms with Crippen molar-refractivity contribution >= 4 is 23.5 Å². The molecular formula is C33H36N4O6. The summed E-state index contributed by atoms with van der Waals surface area (Å²) in [6, 6.07) is 17.2. The summed E-state index contributed by atoms with van der Waals surface area (Å²) in [5.74, 6) is 0.131. The van der Waals surface area contributed by atoms with Crippen LogP contribution in [0, 0.1) is 11.3 Å². The number of carbonyl (C=O) groups excluding carboxylic acids is 3. The van der Waals surface area contributed by atoms with Crippen molar-refractivity contribution in [2.75, 3.05) is 38.8 Å². The predicted molar refractivity (Wildman–Crippen MR) is 161 cm³/mol. The molecule has 1 N–H and O–H groups in total. The highest BCUT2D eigenvalue weighted by Gasteiger charge is 2.56. The van der Waals surface area contributed by atoms with Crippen LogP contribution in [0.5, 0.6) is 11.5 Å². The number of hydrogen-bond donors (Lipinski definition) is 1. The number of imide groups is 2. The summed E-state index contributed by atoms with van der Waals surface area (Å²) in [7, 11) is 3.08. The Bertz CT molecular complexity index is 1630. The molecule has 2 saturated heterocycles. The molecule has 3 atom stereocenters. The summed E-state index contributed by atoms with van der Waals surface area (Å²) >= 11 is 0. The van der Waals surface area contributed by atoms with E-state index in [0.717, 1.165) is 29.0 Å². The molecule has 1 aromatic heterocycles. The van der Waals surface area contributed by atoms with Gasteiger partial charge in [0.15, 0.2) is 11.5 Å². The molecule has 0 radical (unpaired) electrons. The number of hydrogen-bond acceptors (Lipinski definition) is 7. The van der Waals surface area contributed by atoms with Crippen molar-refractivity contribution in [2.24, 2.45) is 11.3 Å². The van der Waals surface area contributed by atoms with Crippen molar-refractivity contribution in [3.8, 4) is 11.5 Å². The van der Waals surface area contributed by atoms with Gasteiger partial charge in [0.1, 0.15) is 5.41 Å². The molecule has 10 heteroatoms. The Kier molecular flexibility index (Phi) is 7.56. The maximum atomic E-state index is 14.6. The topological polar surface area (TPSA) is 110 Å². The quantitative estimate of drug-likeness (QED) is 0.405. The van der Waals surface area contributed by atoms with E-state index in [4.69, 9.17) is 9.47 Å². The Morgan fingerprint density at radius 3 is 2.35 bits per heavy atom. The number of fused-ring (bicyclic) bond motifs is 4. The third kappa shape index (κ3) is 5.09. The molecule has 2 aromatic carbocycles. The fraction of sp³-hybridized carbons (Fsp3) is 0.394. The van der Waals surface area contributed by atoms with Gasteiger partial charge in [-0.1, -0.05) is 31.2 Å². The van der Waals surface area contributed by atoms with Crippen LogP contribution in [-0.2, 0) is 29.0 Å². The first-order chi connectivity index (χ1) is 20.8. The van der Waals surface area contributed by atoms with E-state index in [9.17, 15) is 19.2 Å². The maximum Gasteiger partial charge on any atom is 0.335 e. The number of ether oxygens (including phenoxy) is 2. The number of barbiturate groups is 1. The molecule has 224 valence electrons. The van der Waals surface area contributed by atoms with Gasteiger partial charge in [0, 0.05) is 43.9 Å². The SMILES string of the molecule is CCc1ccc(N2C(=O)NC(=O)[C@](Cc3ccc(OC)c(OC)c3)(CN3C[C@@H]4C[C@H](C3)c3cccc(=O)n3C4)C2=O)cc1. The largest absolute Gasteiger partial charge is 0.493 e. The molecule has 2 fully saturated rings. The molecule has 43 heavy (non-hydrogen) atoms. The first-order valence-electron chi connectivity index (χ1n) is 14.7. The van der Waals surface area contributed by atoms with Crippen LogP contribution < -0.4 is 25.2 Å². The summed E-state index contributed by atoms with van der Waals surface area (Å²) in [5.41, 5.74) is 1.56. The molecule has 3 aliphatic rings. The molecule has 3 aliphatic heterocycles. The van der Waals surface area contributed by atoms with Crippen LogP contribution in [0.3, 0.4) is 0 Å². The zero-order chi connectivity index (χ0) is 30.3.